The quantitative estimate of drug-likeness (QED) is 0.759. The zero-order valence-corrected chi connectivity index (χ0v) is 13.1. The molecule has 0 unspecified atom stereocenters. The Morgan fingerprint density at radius 2 is 1.76 bits per heavy atom. The van der Waals surface area contributed by atoms with Crippen molar-refractivity contribution in [1.29, 1.82) is 0 Å². The van der Waals surface area contributed by atoms with Gasteiger partial charge < -0.3 is 9.64 Å². The summed E-state index contributed by atoms with van der Waals surface area (Å²) in [4.78, 5) is 15.2. The molecule has 0 aliphatic carbocycles. The maximum atomic E-state index is 12.4. The molecule has 0 bridgehead atoms. The fourth-order valence-electron chi connectivity index (χ4n) is 2.01. The SMILES string of the molecule is CCN(C(=O)CSc1ccc(OC)cc1)c1ccccc1. The molecule has 0 atom stereocenters. The Kier molecular flexibility index (Phi) is 5.69. The number of ether oxygens (including phenoxy) is 1. The lowest BCUT2D eigenvalue weighted by Gasteiger charge is -2.20. The van der Waals surface area contributed by atoms with Gasteiger partial charge in [-0.1, -0.05) is 18.2 Å². The molecule has 1 amide bonds. The van der Waals surface area contributed by atoms with Crippen molar-refractivity contribution in [2.24, 2.45) is 0 Å². The number of hydrogen-bond donors (Lipinski definition) is 0. The summed E-state index contributed by atoms with van der Waals surface area (Å²) in [5.74, 6) is 1.37. The summed E-state index contributed by atoms with van der Waals surface area (Å²) < 4.78 is 5.12. The van der Waals surface area contributed by atoms with Crippen molar-refractivity contribution in [3.63, 3.8) is 0 Å². The largest absolute Gasteiger partial charge is 0.497 e. The van der Waals surface area contributed by atoms with Gasteiger partial charge in [-0.2, -0.15) is 0 Å². The molecule has 4 heteroatoms. The van der Waals surface area contributed by atoms with E-state index in [1.807, 2.05) is 61.5 Å². The van der Waals surface area contributed by atoms with Crippen LogP contribution in [-0.4, -0.2) is 25.3 Å². The highest BCUT2D eigenvalue weighted by Crippen LogP contribution is 2.22. The zero-order chi connectivity index (χ0) is 15.1. The normalized spacial score (nSPS) is 10.2. The van der Waals surface area contributed by atoms with E-state index >= 15 is 0 Å². The third-order valence-electron chi connectivity index (χ3n) is 3.11. The van der Waals surface area contributed by atoms with Crippen LogP contribution >= 0.6 is 11.8 Å². The van der Waals surface area contributed by atoms with E-state index in [2.05, 4.69) is 0 Å². The third-order valence-corrected chi connectivity index (χ3v) is 4.10. The van der Waals surface area contributed by atoms with E-state index in [0.717, 1.165) is 16.3 Å². The highest BCUT2D eigenvalue weighted by molar-refractivity contribution is 8.00. The molecule has 0 saturated heterocycles. The molecule has 0 radical (unpaired) electrons. The van der Waals surface area contributed by atoms with E-state index in [4.69, 9.17) is 4.74 Å². The summed E-state index contributed by atoms with van der Waals surface area (Å²) in [7, 11) is 1.64. The van der Waals surface area contributed by atoms with Crippen molar-refractivity contribution in [3.8, 4) is 5.75 Å². The first kappa shape index (κ1) is 15.4. The van der Waals surface area contributed by atoms with Crippen molar-refractivity contribution < 1.29 is 9.53 Å². The number of carbonyl (C=O) groups excluding carboxylic acids is 1. The predicted octanol–water partition coefficient (Wildman–Crippen LogP) is 3.84. The average Bonchev–Trinajstić information content (AvgIpc) is 2.55. The molecule has 0 N–H and O–H groups in total. The Hall–Kier alpha value is -1.94. The highest BCUT2D eigenvalue weighted by atomic mass is 32.2. The molecule has 2 aromatic carbocycles. The maximum Gasteiger partial charge on any atom is 0.237 e. The second-order valence-corrected chi connectivity index (χ2v) is 5.49. The van der Waals surface area contributed by atoms with Crippen LogP contribution < -0.4 is 9.64 Å². The Balaban J connectivity index is 1.96. The first-order chi connectivity index (χ1) is 10.2. The van der Waals surface area contributed by atoms with Gasteiger partial charge in [0, 0.05) is 17.1 Å². The van der Waals surface area contributed by atoms with Crippen LogP contribution in [0.2, 0.25) is 0 Å². The van der Waals surface area contributed by atoms with Gasteiger partial charge in [-0.3, -0.25) is 4.79 Å². The lowest BCUT2D eigenvalue weighted by molar-refractivity contribution is -0.116. The molecule has 2 aromatic rings. The Morgan fingerprint density at radius 1 is 1.10 bits per heavy atom. The average molecular weight is 301 g/mol. The number of carbonyl (C=O) groups is 1. The molecule has 110 valence electrons. The number of amides is 1. The zero-order valence-electron chi connectivity index (χ0n) is 12.3. The van der Waals surface area contributed by atoms with E-state index in [-0.39, 0.29) is 5.91 Å². The number of methoxy groups -OCH3 is 1. The van der Waals surface area contributed by atoms with Crippen molar-refractivity contribution >= 4 is 23.4 Å². The summed E-state index contributed by atoms with van der Waals surface area (Å²) in [5, 5.41) is 0. The number of anilines is 1. The number of para-hydroxylation sites is 1. The number of nitrogens with zero attached hydrogens (tertiary/aromatic N) is 1. The summed E-state index contributed by atoms with van der Waals surface area (Å²) in [5.41, 5.74) is 0.945. The maximum absolute atomic E-state index is 12.4. The predicted molar refractivity (Wildman–Crippen MR) is 88.2 cm³/mol. The van der Waals surface area contributed by atoms with Crippen LogP contribution in [0.1, 0.15) is 6.92 Å². The first-order valence-electron chi connectivity index (χ1n) is 6.87. The van der Waals surface area contributed by atoms with Crippen LogP contribution in [0.4, 0.5) is 5.69 Å². The van der Waals surface area contributed by atoms with E-state index in [1.165, 1.54) is 11.8 Å². The topological polar surface area (TPSA) is 29.5 Å². The lowest BCUT2D eigenvalue weighted by atomic mass is 10.3. The van der Waals surface area contributed by atoms with Gasteiger partial charge in [0.05, 0.1) is 12.9 Å². The molecule has 0 heterocycles. The second-order valence-electron chi connectivity index (χ2n) is 4.44. The molecule has 0 aromatic heterocycles. The van der Waals surface area contributed by atoms with Crippen molar-refractivity contribution in [2.45, 2.75) is 11.8 Å². The number of rotatable bonds is 6. The lowest BCUT2D eigenvalue weighted by Crippen LogP contribution is -2.32. The fraction of sp³-hybridized carbons (Fsp3) is 0.235. The van der Waals surface area contributed by atoms with E-state index in [1.54, 1.807) is 12.0 Å². The number of hydrogen-bond acceptors (Lipinski definition) is 3. The van der Waals surface area contributed by atoms with Gasteiger partial charge in [0.1, 0.15) is 5.75 Å². The standard InChI is InChI=1S/C17H19NO2S/c1-3-18(14-7-5-4-6-8-14)17(19)13-21-16-11-9-15(20-2)10-12-16/h4-12H,3,13H2,1-2H3. The van der Waals surface area contributed by atoms with Crippen molar-refractivity contribution in [1.82, 2.24) is 0 Å². The molecule has 0 aliphatic rings. The van der Waals surface area contributed by atoms with Crippen LogP contribution in [0.5, 0.6) is 5.75 Å². The third kappa shape index (κ3) is 4.26. The van der Waals surface area contributed by atoms with Crippen LogP contribution in [-0.2, 0) is 4.79 Å². The molecule has 0 fully saturated rings. The van der Waals surface area contributed by atoms with Gasteiger partial charge in [-0.15, -0.1) is 11.8 Å². The summed E-state index contributed by atoms with van der Waals surface area (Å²) in [6.45, 7) is 2.66. The minimum absolute atomic E-state index is 0.115. The van der Waals surface area contributed by atoms with Crippen molar-refractivity contribution in [2.75, 3.05) is 24.3 Å². The number of benzene rings is 2. The Labute approximate surface area is 129 Å². The van der Waals surface area contributed by atoms with E-state index < -0.39 is 0 Å². The van der Waals surface area contributed by atoms with Gasteiger partial charge in [-0.25, -0.2) is 0 Å². The monoisotopic (exact) mass is 301 g/mol. The van der Waals surface area contributed by atoms with E-state index in [0.29, 0.717) is 12.3 Å². The second kappa shape index (κ2) is 7.74. The fourth-order valence-corrected chi connectivity index (χ4v) is 2.78. The minimum atomic E-state index is 0.115. The smallest absolute Gasteiger partial charge is 0.237 e. The molecule has 3 nitrogen and oxygen atoms in total. The Bertz CT molecular complexity index is 569. The molecule has 0 saturated carbocycles. The van der Waals surface area contributed by atoms with Crippen LogP contribution in [0.3, 0.4) is 0 Å². The van der Waals surface area contributed by atoms with Crippen LogP contribution in [0.15, 0.2) is 59.5 Å². The number of thioether (sulfide) groups is 1. The van der Waals surface area contributed by atoms with Crippen LogP contribution in [0, 0.1) is 0 Å². The molecule has 0 aliphatic heterocycles. The van der Waals surface area contributed by atoms with Crippen LogP contribution in [0.25, 0.3) is 0 Å². The van der Waals surface area contributed by atoms with Gasteiger partial charge in [-0.05, 0) is 43.3 Å². The van der Waals surface area contributed by atoms with Gasteiger partial charge in [0.15, 0.2) is 0 Å². The summed E-state index contributed by atoms with van der Waals surface area (Å²) in [6.07, 6.45) is 0. The molecule has 21 heavy (non-hydrogen) atoms. The summed E-state index contributed by atoms with van der Waals surface area (Å²) in [6, 6.07) is 17.5. The molecule has 0 spiro atoms. The first-order valence-corrected chi connectivity index (χ1v) is 7.85. The van der Waals surface area contributed by atoms with Gasteiger partial charge in [0.2, 0.25) is 5.91 Å². The highest BCUT2D eigenvalue weighted by Gasteiger charge is 2.13. The van der Waals surface area contributed by atoms with Gasteiger partial charge in [0.25, 0.3) is 0 Å². The van der Waals surface area contributed by atoms with Gasteiger partial charge >= 0.3 is 0 Å². The molecule has 2 rings (SSSR count). The Morgan fingerprint density at radius 3 is 2.33 bits per heavy atom. The minimum Gasteiger partial charge on any atom is -0.497 e. The van der Waals surface area contributed by atoms with Crippen molar-refractivity contribution in [3.05, 3.63) is 54.6 Å². The molecular formula is C17H19NO2S. The molecular weight excluding hydrogens is 282 g/mol. The summed E-state index contributed by atoms with van der Waals surface area (Å²) >= 11 is 1.54. The van der Waals surface area contributed by atoms with E-state index in [9.17, 15) is 4.79 Å².